The van der Waals surface area contributed by atoms with E-state index in [2.05, 4.69) is 28.6 Å². The molecule has 15 heavy (non-hydrogen) atoms. The molecule has 0 aliphatic rings. The van der Waals surface area contributed by atoms with Gasteiger partial charge in [0.2, 0.25) is 0 Å². The first-order valence-corrected chi connectivity index (χ1v) is 5.99. The summed E-state index contributed by atoms with van der Waals surface area (Å²) in [4.78, 5) is 6.90. The highest BCUT2D eigenvalue weighted by atomic mass is 32.1. The largest absolute Gasteiger partial charge is 0.290 e. The summed E-state index contributed by atoms with van der Waals surface area (Å²) in [5.74, 6) is 0. The summed E-state index contributed by atoms with van der Waals surface area (Å²) in [6.07, 6.45) is 2.13. The first kappa shape index (κ1) is 10.2. The van der Waals surface area contributed by atoms with Crippen molar-refractivity contribution < 1.29 is 0 Å². The average molecular weight is 218 g/mol. The molecule has 2 aromatic heterocycles. The van der Waals surface area contributed by atoms with Crippen molar-refractivity contribution >= 4 is 27.3 Å². The number of rotatable bonds is 0. The molecular formula is C12H14N2S. The van der Waals surface area contributed by atoms with Crippen molar-refractivity contribution in [3.05, 3.63) is 35.3 Å². The van der Waals surface area contributed by atoms with E-state index < -0.39 is 0 Å². The second-order valence-corrected chi connectivity index (χ2v) is 4.31. The summed E-state index contributed by atoms with van der Waals surface area (Å²) in [6, 6.07) is 8.21. The lowest BCUT2D eigenvalue weighted by Crippen LogP contribution is -1.74. The third kappa shape index (κ3) is 1.63. The van der Waals surface area contributed by atoms with Gasteiger partial charge in [-0.3, -0.25) is 4.40 Å². The number of hydrogen-bond acceptors (Lipinski definition) is 2. The summed E-state index contributed by atoms with van der Waals surface area (Å²) >= 11 is 1.73. The molecule has 2 nitrogen and oxygen atoms in total. The molecule has 3 rings (SSSR count). The lowest BCUT2D eigenvalue weighted by molar-refractivity contribution is 1.26. The molecule has 3 aromatic rings. The van der Waals surface area contributed by atoms with Crippen LogP contribution in [0.4, 0.5) is 0 Å². The van der Waals surface area contributed by atoms with Crippen molar-refractivity contribution in [2.24, 2.45) is 0 Å². The van der Waals surface area contributed by atoms with Crippen LogP contribution in [0.15, 0.2) is 30.5 Å². The number of para-hydroxylation sites is 2. The van der Waals surface area contributed by atoms with Crippen molar-refractivity contribution in [2.45, 2.75) is 20.8 Å². The smallest absolute Gasteiger partial charge is 0.194 e. The highest BCUT2D eigenvalue weighted by Crippen LogP contribution is 2.22. The highest BCUT2D eigenvalue weighted by Gasteiger charge is 2.04. The van der Waals surface area contributed by atoms with Crippen LogP contribution < -0.4 is 0 Å². The van der Waals surface area contributed by atoms with Gasteiger partial charge in [0.25, 0.3) is 0 Å². The predicted octanol–water partition coefficient (Wildman–Crippen LogP) is 3.88. The van der Waals surface area contributed by atoms with Crippen LogP contribution in [0.1, 0.15) is 18.7 Å². The van der Waals surface area contributed by atoms with E-state index in [1.165, 1.54) is 10.4 Å². The summed E-state index contributed by atoms with van der Waals surface area (Å²) < 4.78 is 2.15. The maximum absolute atomic E-state index is 4.52. The van der Waals surface area contributed by atoms with E-state index in [0.29, 0.717) is 0 Å². The Morgan fingerprint density at radius 3 is 2.73 bits per heavy atom. The Hall–Kier alpha value is -1.35. The van der Waals surface area contributed by atoms with Crippen LogP contribution in [-0.4, -0.2) is 9.38 Å². The van der Waals surface area contributed by atoms with Gasteiger partial charge in [-0.05, 0) is 19.1 Å². The monoisotopic (exact) mass is 218 g/mol. The van der Waals surface area contributed by atoms with Crippen LogP contribution in [0.2, 0.25) is 0 Å². The Bertz CT molecular complexity index is 577. The molecule has 0 spiro atoms. The number of benzene rings is 1. The maximum atomic E-state index is 4.52. The minimum Gasteiger partial charge on any atom is -0.290 e. The number of aryl methyl sites for hydroxylation is 1. The summed E-state index contributed by atoms with van der Waals surface area (Å²) in [5.41, 5.74) is 2.27. The molecule has 0 saturated heterocycles. The Balaban J connectivity index is 0.000000404. The fourth-order valence-electron chi connectivity index (χ4n) is 1.57. The van der Waals surface area contributed by atoms with E-state index in [-0.39, 0.29) is 0 Å². The molecule has 2 heterocycles. The standard InChI is InChI=1S/C10H8N2S.C2H6/c1-7-6-12-9-5-3-2-4-8(9)11-10(12)13-7;1-2/h2-6H,1H3;1-2H3. The molecule has 1 aromatic carbocycles. The van der Waals surface area contributed by atoms with Crippen molar-refractivity contribution in [3.63, 3.8) is 0 Å². The Labute approximate surface area is 93.2 Å². The summed E-state index contributed by atoms with van der Waals surface area (Å²) in [7, 11) is 0. The SMILES string of the molecule is CC.Cc1cn2c(nc3ccccc32)s1. The Morgan fingerprint density at radius 1 is 1.20 bits per heavy atom. The second-order valence-electron chi connectivity index (χ2n) is 3.09. The zero-order chi connectivity index (χ0) is 10.8. The number of fused-ring (bicyclic) bond motifs is 3. The molecule has 0 amide bonds. The number of aromatic nitrogens is 2. The lowest BCUT2D eigenvalue weighted by Gasteiger charge is -1.87. The molecule has 0 unspecified atom stereocenters. The summed E-state index contributed by atoms with van der Waals surface area (Å²) in [5, 5.41) is 0. The van der Waals surface area contributed by atoms with Crippen LogP contribution >= 0.6 is 11.3 Å². The molecule has 0 fully saturated rings. The minimum atomic E-state index is 1.08. The average Bonchev–Trinajstić information content (AvgIpc) is 2.77. The van der Waals surface area contributed by atoms with Gasteiger partial charge < -0.3 is 0 Å². The molecule has 0 radical (unpaired) electrons. The number of imidazole rings is 1. The van der Waals surface area contributed by atoms with Gasteiger partial charge in [-0.15, -0.1) is 11.3 Å². The summed E-state index contributed by atoms with van der Waals surface area (Å²) in [6.45, 7) is 6.11. The van der Waals surface area contributed by atoms with E-state index >= 15 is 0 Å². The van der Waals surface area contributed by atoms with Gasteiger partial charge in [-0.2, -0.15) is 0 Å². The number of thiazole rings is 1. The third-order valence-electron chi connectivity index (χ3n) is 2.13. The van der Waals surface area contributed by atoms with E-state index in [4.69, 9.17) is 0 Å². The maximum Gasteiger partial charge on any atom is 0.194 e. The van der Waals surface area contributed by atoms with Crippen molar-refractivity contribution in [1.82, 2.24) is 9.38 Å². The van der Waals surface area contributed by atoms with Gasteiger partial charge in [-0.25, -0.2) is 4.98 Å². The second kappa shape index (κ2) is 4.03. The molecule has 0 bridgehead atoms. The molecule has 0 aliphatic heterocycles. The quantitative estimate of drug-likeness (QED) is 0.559. The molecule has 3 heteroatoms. The number of nitrogens with zero attached hydrogens (tertiary/aromatic N) is 2. The molecule has 0 aliphatic carbocycles. The number of hydrogen-bond donors (Lipinski definition) is 0. The highest BCUT2D eigenvalue weighted by molar-refractivity contribution is 7.17. The van der Waals surface area contributed by atoms with Crippen LogP contribution in [0.25, 0.3) is 16.0 Å². The van der Waals surface area contributed by atoms with Gasteiger partial charge in [0.05, 0.1) is 11.0 Å². The molecule has 0 N–H and O–H groups in total. The minimum absolute atomic E-state index is 1.08. The van der Waals surface area contributed by atoms with Crippen molar-refractivity contribution in [3.8, 4) is 0 Å². The third-order valence-corrected chi connectivity index (χ3v) is 3.02. The van der Waals surface area contributed by atoms with Crippen LogP contribution in [0.5, 0.6) is 0 Å². The van der Waals surface area contributed by atoms with E-state index in [0.717, 1.165) is 10.5 Å². The Kier molecular flexibility index (Phi) is 2.73. The topological polar surface area (TPSA) is 17.3 Å². The van der Waals surface area contributed by atoms with Crippen LogP contribution in [0.3, 0.4) is 0 Å². The first-order valence-electron chi connectivity index (χ1n) is 5.18. The van der Waals surface area contributed by atoms with Gasteiger partial charge in [0, 0.05) is 11.1 Å². The van der Waals surface area contributed by atoms with Gasteiger partial charge in [-0.1, -0.05) is 26.0 Å². The normalized spacial score (nSPS) is 10.3. The van der Waals surface area contributed by atoms with Crippen molar-refractivity contribution in [1.29, 1.82) is 0 Å². The zero-order valence-electron chi connectivity index (χ0n) is 9.19. The predicted molar refractivity (Wildman–Crippen MR) is 66.7 cm³/mol. The van der Waals surface area contributed by atoms with E-state index in [1.807, 2.05) is 32.0 Å². The van der Waals surface area contributed by atoms with E-state index in [9.17, 15) is 0 Å². The van der Waals surface area contributed by atoms with Crippen LogP contribution in [-0.2, 0) is 0 Å². The first-order chi connectivity index (χ1) is 7.34. The molecular weight excluding hydrogens is 204 g/mol. The molecule has 0 saturated carbocycles. The van der Waals surface area contributed by atoms with Gasteiger partial charge in [0.15, 0.2) is 4.96 Å². The molecule has 78 valence electrons. The zero-order valence-corrected chi connectivity index (χ0v) is 10.0. The molecule has 0 atom stereocenters. The lowest BCUT2D eigenvalue weighted by atomic mass is 10.3. The van der Waals surface area contributed by atoms with Gasteiger partial charge in [0.1, 0.15) is 0 Å². The van der Waals surface area contributed by atoms with Crippen molar-refractivity contribution in [2.75, 3.05) is 0 Å². The fourth-order valence-corrected chi connectivity index (χ4v) is 2.41. The van der Waals surface area contributed by atoms with Gasteiger partial charge >= 0.3 is 0 Å². The fraction of sp³-hybridized carbons (Fsp3) is 0.250. The Morgan fingerprint density at radius 2 is 1.93 bits per heavy atom. The van der Waals surface area contributed by atoms with E-state index in [1.54, 1.807) is 11.3 Å². The van der Waals surface area contributed by atoms with Crippen LogP contribution in [0, 0.1) is 6.92 Å².